The van der Waals surface area contributed by atoms with Crippen LogP contribution in [-0.4, -0.2) is 28.5 Å². The lowest BCUT2D eigenvalue weighted by Crippen LogP contribution is -2.32. The van der Waals surface area contributed by atoms with Gasteiger partial charge in [-0.15, -0.1) is 0 Å². The van der Waals surface area contributed by atoms with Gasteiger partial charge in [-0.05, 0) is 29.3 Å². The number of nitrogens with zero attached hydrogens (tertiary/aromatic N) is 2. The van der Waals surface area contributed by atoms with E-state index in [4.69, 9.17) is 16.3 Å². The minimum Gasteiger partial charge on any atom is -0.446 e. The largest absolute Gasteiger partial charge is 0.446 e. The van der Waals surface area contributed by atoms with E-state index < -0.39 is 18.0 Å². The quantitative estimate of drug-likeness (QED) is 0.493. The van der Waals surface area contributed by atoms with E-state index in [1.165, 1.54) is 6.08 Å². The van der Waals surface area contributed by atoms with Gasteiger partial charge in [-0.3, -0.25) is 4.79 Å². The summed E-state index contributed by atoms with van der Waals surface area (Å²) in [7, 11) is 0. The van der Waals surface area contributed by atoms with Crippen molar-refractivity contribution in [1.29, 1.82) is 0 Å². The number of benzene rings is 2. The van der Waals surface area contributed by atoms with Crippen LogP contribution in [0.3, 0.4) is 0 Å². The Hall–Kier alpha value is -3.18. The number of fused-ring (bicyclic) bond motifs is 1. The van der Waals surface area contributed by atoms with Crippen LogP contribution in [0.15, 0.2) is 66.7 Å². The zero-order valence-corrected chi connectivity index (χ0v) is 15.0. The van der Waals surface area contributed by atoms with Gasteiger partial charge in [0.25, 0.3) is 5.91 Å². The highest BCUT2D eigenvalue weighted by molar-refractivity contribution is 6.30. The number of carbonyl (C=O) groups is 2. The minimum absolute atomic E-state index is 0.145. The lowest BCUT2D eigenvalue weighted by molar-refractivity contribution is -0.124. The lowest BCUT2D eigenvalue weighted by Gasteiger charge is -2.18. The Morgan fingerprint density at radius 1 is 1.15 bits per heavy atom. The number of pyridine rings is 1. The Bertz CT molecular complexity index is 1050. The first-order chi connectivity index (χ1) is 13.1. The van der Waals surface area contributed by atoms with Crippen LogP contribution in [0, 0.1) is 0 Å². The maximum atomic E-state index is 12.7. The third-order valence-corrected chi connectivity index (χ3v) is 4.61. The summed E-state index contributed by atoms with van der Waals surface area (Å²) in [6, 6.07) is 18.1. The lowest BCUT2D eigenvalue weighted by atomic mass is 10.1. The van der Waals surface area contributed by atoms with Gasteiger partial charge in [-0.25, -0.2) is 14.7 Å². The van der Waals surface area contributed by atoms with Gasteiger partial charge in [-0.2, -0.15) is 0 Å². The summed E-state index contributed by atoms with van der Waals surface area (Å²) in [4.78, 5) is 30.2. The van der Waals surface area contributed by atoms with Gasteiger partial charge >= 0.3 is 6.09 Å². The molecule has 1 fully saturated rings. The van der Waals surface area contributed by atoms with E-state index in [2.05, 4.69) is 4.98 Å². The second kappa shape index (κ2) is 7.21. The molecule has 3 aromatic rings. The number of halogens is 1. The predicted molar refractivity (Wildman–Crippen MR) is 103 cm³/mol. The number of ether oxygens (including phenoxy) is 1. The molecule has 134 valence electrons. The van der Waals surface area contributed by atoms with Crippen LogP contribution < -0.4 is 0 Å². The average Bonchev–Trinajstić information content (AvgIpc) is 3.08. The summed E-state index contributed by atoms with van der Waals surface area (Å²) in [5, 5.41) is 1.21. The zero-order valence-electron chi connectivity index (χ0n) is 14.2. The molecule has 1 unspecified atom stereocenters. The van der Waals surface area contributed by atoms with Crippen molar-refractivity contribution < 1.29 is 14.3 Å². The average molecular weight is 379 g/mol. The molecule has 6 heteroatoms. The van der Waals surface area contributed by atoms with E-state index in [9.17, 15) is 9.59 Å². The maximum absolute atomic E-state index is 12.7. The van der Waals surface area contributed by atoms with Gasteiger partial charge < -0.3 is 4.74 Å². The monoisotopic (exact) mass is 378 g/mol. The topological polar surface area (TPSA) is 59.5 Å². The zero-order chi connectivity index (χ0) is 18.8. The molecule has 2 amide bonds. The molecule has 5 nitrogen and oxygen atoms in total. The fraction of sp³-hybridized carbons (Fsp3) is 0.0952. The molecule has 1 aliphatic heterocycles. The molecule has 0 aliphatic carbocycles. The molecule has 0 bridgehead atoms. The van der Waals surface area contributed by atoms with Gasteiger partial charge in [0, 0.05) is 11.5 Å². The number of imide groups is 1. The molecule has 0 N–H and O–H groups in total. The van der Waals surface area contributed by atoms with Gasteiger partial charge in [-0.1, -0.05) is 60.1 Å². The van der Waals surface area contributed by atoms with E-state index in [-0.39, 0.29) is 6.61 Å². The van der Waals surface area contributed by atoms with E-state index in [1.807, 2.05) is 54.6 Å². The van der Waals surface area contributed by atoms with Crippen LogP contribution >= 0.6 is 11.6 Å². The molecule has 27 heavy (non-hydrogen) atoms. The third-order valence-electron chi connectivity index (χ3n) is 4.42. The standard InChI is InChI=1S/C21H15ClN2O3/c22-19-12-15(16-8-4-5-9-17(16)23-19)10-11-20(25)24-18(13-27-21(24)26)14-6-2-1-3-7-14/h1-12,18H,13H2/b11-10+. The number of cyclic esters (lactones) is 1. The Labute approximate surface area is 160 Å². The van der Waals surface area contributed by atoms with Crippen LogP contribution in [0.1, 0.15) is 17.2 Å². The van der Waals surface area contributed by atoms with Gasteiger partial charge in [0.1, 0.15) is 17.8 Å². The normalized spacial score (nSPS) is 16.9. The summed E-state index contributed by atoms with van der Waals surface area (Å²) in [5.41, 5.74) is 2.34. The molecule has 1 saturated heterocycles. The Balaban J connectivity index is 1.64. The van der Waals surface area contributed by atoms with E-state index in [1.54, 1.807) is 12.1 Å². The molecule has 0 saturated carbocycles. The van der Waals surface area contributed by atoms with Crippen molar-refractivity contribution in [2.45, 2.75) is 6.04 Å². The molecular formula is C21H15ClN2O3. The van der Waals surface area contributed by atoms with Crippen LogP contribution in [-0.2, 0) is 9.53 Å². The Morgan fingerprint density at radius 3 is 2.70 bits per heavy atom. The molecule has 1 atom stereocenters. The number of hydrogen-bond donors (Lipinski definition) is 0. The van der Waals surface area contributed by atoms with Crippen LogP contribution in [0.25, 0.3) is 17.0 Å². The van der Waals surface area contributed by atoms with Crippen molar-refractivity contribution in [1.82, 2.24) is 9.88 Å². The number of amides is 2. The summed E-state index contributed by atoms with van der Waals surface area (Å²) < 4.78 is 5.10. The second-order valence-corrected chi connectivity index (χ2v) is 6.48. The van der Waals surface area contributed by atoms with Crippen LogP contribution in [0.4, 0.5) is 4.79 Å². The Kier molecular flexibility index (Phi) is 4.60. The molecular weight excluding hydrogens is 364 g/mol. The van der Waals surface area contributed by atoms with Crippen molar-refractivity contribution in [3.63, 3.8) is 0 Å². The smallest absolute Gasteiger partial charge is 0.417 e. The fourth-order valence-corrected chi connectivity index (χ4v) is 3.34. The number of para-hydroxylation sites is 1. The third kappa shape index (κ3) is 3.41. The van der Waals surface area contributed by atoms with Crippen molar-refractivity contribution in [2.75, 3.05) is 6.61 Å². The van der Waals surface area contributed by atoms with E-state index in [0.29, 0.717) is 5.15 Å². The summed E-state index contributed by atoms with van der Waals surface area (Å²) in [5.74, 6) is -0.441. The molecule has 1 aromatic heterocycles. The number of aromatic nitrogens is 1. The first-order valence-corrected chi connectivity index (χ1v) is 8.79. The van der Waals surface area contributed by atoms with Crippen molar-refractivity contribution in [2.24, 2.45) is 0 Å². The molecule has 1 aliphatic rings. The second-order valence-electron chi connectivity index (χ2n) is 6.10. The van der Waals surface area contributed by atoms with Gasteiger partial charge in [0.05, 0.1) is 5.52 Å². The van der Waals surface area contributed by atoms with Crippen molar-refractivity contribution >= 4 is 40.6 Å². The van der Waals surface area contributed by atoms with Gasteiger partial charge in [0.2, 0.25) is 0 Å². The van der Waals surface area contributed by atoms with Crippen molar-refractivity contribution in [3.05, 3.63) is 83.0 Å². The highest BCUT2D eigenvalue weighted by atomic mass is 35.5. The van der Waals surface area contributed by atoms with Gasteiger partial charge in [0.15, 0.2) is 0 Å². The highest BCUT2D eigenvalue weighted by Gasteiger charge is 2.37. The fourth-order valence-electron chi connectivity index (χ4n) is 3.13. The first kappa shape index (κ1) is 17.2. The first-order valence-electron chi connectivity index (χ1n) is 8.42. The Morgan fingerprint density at radius 2 is 1.89 bits per heavy atom. The van der Waals surface area contributed by atoms with E-state index in [0.717, 1.165) is 26.9 Å². The predicted octanol–water partition coefficient (Wildman–Crippen LogP) is 4.62. The minimum atomic E-state index is -0.642. The number of rotatable bonds is 3. The molecule has 0 radical (unpaired) electrons. The highest BCUT2D eigenvalue weighted by Crippen LogP contribution is 2.28. The molecule has 4 rings (SSSR count). The van der Waals surface area contributed by atoms with E-state index >= 15 is 0 Å². The van der Waals surface area contributed by atoms with Crippen LogP contribution in [0.2, 0.25) is 5.15 Å². The number of carbonyl (C=O) groups excluding carboxylic acids is 2. The summed E-state index contributed by atoms with van der Waals surface area (Å²) in [6.45, 7) is 0.145. The van der Waals surface area contributed by atoms with Crippen LogP contribution in [0.5, 0.6) is 0 Å². The molecule has 2 heterocycles. The molecule has 2 aromatic carbocycles. The summed E-state index contributed by atoms with van der Waals surface area (Å²) in [6.07, 6.45) is 2.36. The number of hydrogen-bond acceptors (Lipinski definition) is 4. The SMILES string of the molecule is O=C(/C=C/c1cc(Cl)nc2ccccc12)N1C(=O)OCC1c1ccccc1. The summed E-state index contributed by atoms with van der Waals surface area (Å²) >= 11 is 6.08. The molecule has 0 spiro atoms. The maximum Gasteiger partial charge on any atom is 0.417 e. The van der Waals surface area contributed by atoms with Crippen molar-refractivity contribution in [3.8, 4) is 0 Å².